The van der Waals surface area contributed by atoms with Crippen LogP contribution in [0.3, 0.4) is 0 Å². The number of nitrogens with zero attached hydrogens (tertiary/aromatic N) is 5. The molecule has 0 bridgehead atoms. The zero-order valence-electron chi connectivity index (χ0n) is 19.2. The molecule has 0 spiro atoms. The van der Waals surface area contributed by atoms with Crippen LogP contribution in [0.15, 0.2) is 71.5 Å². The van der Waals surface area contributed by atoms with E-state index in [-0.39, 0.29) is 5.56 Å². The van der Waals surface area contributed by atoms with Gasteiger partial charge >= 0.3 is 5.97 Å². The molecule has 176 valence electrons. The van der Waals surface area contributed by atoms with Crippen molar-refractivity contribution in [2.45, 2.75) is 32.7 Å². The summed E-state index contributed by atoms with van der Waals surface area (Å²) in [6.45, 7) is 2.68. The number of aromatic carboxylic acids is 1. The Morgan fingerprint density at radius 2 is 1.89 bits per heavy atom. The first kappa shape index (κ1) is 22.3. The number of nitrogens with one attached hydrogen (secondary N) is 1. The number of aromatic amines is 1. The van der Waals surface area contributed by atoms with Gasteiger partial charge in [-0.2, -0.15) is 0 Å². The zero-order chi connectivity index (χ0) is 24.2. The third kappa shape index (κ3) is 4.48. The summed E-state index contributed by atoms with van der Waals surface area (Å²) in [5.41, 5.74) is 4.83. The lowest BCUT2D eigenvalue weighted by Gasteiger charge is -2.13. The second-order valence-corrected chi connectivity index (χ2v) is 8.21. The molecular formula is C26H24N6O3. The summed E-state index contributed by atoms with van der Waals surface area (Å²) in [6, 6.07) is 17.7. The highest BCUT2D eigenvalue weighted by molar-refractivity contribution is 5.93. The average Bonchev–Trinajstić information content (AvgIpc) is 3.64. The van der Waals surface area contributed by atoms with Crippen molar-refractivity contribution in [2.24, 2.45) is 0 Å². The van der Waals surface area contributed by atoms with Crippen LogP contribution in [0.4, 0.5) is 0 Å². The molecule has 5 rings (SSSR count). The van der Waals surface area contributed by atoms with E-state index in [2.05, 4.69) is 56.8 Å². The SMILES string of the molecule is CCCCc1ncc(-c2occc2C(=O)O)n1Cc1ccc(-c2ccccc2-c2nnn[nH]2)cc1. The normalized spacial score (nSPS) is 11.1. The number of carbonyl (C=O) groups is 1. The Kier molecular flexibility index (Phi) is 6.21. The van der Waals surface area contributed by atoms with Gasteiger partial charge in [0.25, 0.3) is 0 Å². The van der Waals surface area contributed by atoms with Crippen LogP contribution >= 0.6 is 0 Å². The molecule has 9 heteroatoms. The fraction of sp³-hybridized carbons (Fsp3) is 0.192. The van der Waals surface area contributed by atoms with E-state index in [1.54, 1.807) is 6.20 Å². The van der Waals surface area contributed by atoms with Gasteiger partial charge in [0.15, 0.2) is 11.6 Å². The zero-order valence-corrected chi connectivity index (χ0v) is 19.2. The van der Waals surface area contributed by atoms with E-state index in [9.17, 15) is 9.90 Å². The summed E-state index contributed by atoms with van der Waals surface area (Å²) in [6.07, 6.45) is 5.94. The van der Waals surface area contributed by atoms with E-state index in [0.717, 1.165) is 47.3 Å². The molecule has 2 aromatic carbocycles. The van der Waals surface area contributed by atoms with Gasteiger partial charge in [0, 0.05) is 18.5 Å². The largest absolute Gasteiger partial charge is 0.478 e. The van der Waals surface area contributed by atoms with Gasteiger partial charge in [-0.3, -0.25) is 0 Å². The molecule has 9 nitrogen and oxygen atoms in total. The van der Waals surface area contributed by atoms with Crippen LogP contribution in [0, 0.1) is 0 Å². The number of H-pyrrole nitrogens is 1. The summed E-state index contributed by atoms with van der Waals surface area (Å²) in [4.78, 5) is 16.3. The highest BCUT2D eigenvalue weighted by Gasteiger charge is 2.21. The van der Waals surface area contributed by atoms with Crippen LogP contribution in [0.1, 0.15) is 41.5 Å². The molecule has 0 aliphatic carbocycles. The van der Waals surface area contributed by atoms with E-state index in [1.165, 1.54) is 12.3 Å². The topological polar surface area (TPSA) is 123 Å². The molecule has 3 heterocycles. The van der Waals surface area contributed by atoms with Crippen molar-refractivity contribution in [3.05, 3.63) is 84.0 Å². The minimum absolute atomic E-state index is 0.127. The highest BCUT2D eigenvalue weighted by Crippen LogP contribution is 2.31. The molecular weight excluding hydrogens is 444 g/mol. The fourth-order valence-electron chi connectivity index (χ4n) is 4.17. The third-order valence-electron chi connectivity index (χ3n) is 5.95. The molecule has 0 aliphatic rings. The number of unbranched alkanes of at least 4 members (excludes halogenated alkanes) is 1. The summed E-state index contributed by atoms with van der Waals surface area (Å²) < 4.78 is 7.62. The standard InChI is InChI=1S/C26H24N6O3/c1-2-3-8-23-27-15-22(24-21(26(33)34)13-14-35-24)32(23)16-17-9-11-18(12-10-17)19-6-4-5-7-20(19)25-28-30-31-29-25/h4-7,9-15H,2-3,8,16H2,1H3,(H,33,34)(H,28,29,30,31). The molecule has 0 unspecified atom stereocenters. The van der Waals surface area contributed by atoms with Gasteiger partial charge in [0.2, 0.25) is 0 Å². The molecule has 5 aromatic rings. The fourth-order valence-corrected chi connectivity index (χ4v) is 4.17. The predicted octanol–water partition coefficient (Wildman–Crippen LogP) is 5.08. The van der Waals surface area contributed by atoms with Crippen LogP contribution in [0.2, 0.25) is 0 Å². The van der Waals surface area contributed by atoms with Crippen molar-refractivity contribution >= 4 is 5.97 Å². The van der Waals surface area contributed by atoms with E-state index in [1.807, 2.05) is 28.8 Å². The summed E-state index contributed by atoms with van der Waals surface area (Å²) in [5.74, 6) is 0.809. The molecule has 3 aromatic heterocycles. The number of benzene rings is 2. The average molecular weight is 469 g/mol. The Labute approximate surface area is 201 Å². The molecule has 0 radical (unpaired) electrons. The Morgan fingerprint density at radius 3 is 2.60 bits per heavy atom. The van der Waals surface area contributed by atoms with Crippen molar-refractivity contribution < 1.29 is 14.3 Å². The van der Waals surface area contributed by atoms with Gasteiger partial charge in [0.05, 0.1) is 12.5 Å². The van der Waals surface area contributed by atoms with Crippen molar-refractivity contribution in [1.82, 2.24) is 30.2 Å². The smallest absolute Gasteiger partial charge is 0.339 e. The minimum Gasteiger partial charge on any atom is -0.478 e. The highest BCUT2D eigenvalue weighted by atomic mass is 16.4. The summed E-state index contributed by atoms with van der Waals surface area (Å²) in [5, 5.41) is 23.8. The van der Waals surface area contributed by atoms with Crippen molar-refractivity contribution in [3.8, 4) is 34.0 Å². The monoisotopic (exact) mass is 468 g/mol. The van der Waals surface area contributed by atoms with E-state index in [0.29, 0.717) is 23.8 Å². The number of rotatable bonds is 9. The number of aryl methyl sites for hydroxylation is 1. The molecule has 0 aliphatic heterocycles. The molecule has 0 amide bonds. The van der Waals surface area contributed by atoms with Gasteiger partial charge in [-0.15, -0.1) is 5.10 Å². The second kappa shape index (κ2) is 9.76. The molecule has 0 saturated heterocycles. The molecule has 0 fully saturated rings. The first-order valence-electron chi connectivity index (χ1n) is 11.4. The summed E-state index contributed by atoms with van der Waals surface area (Å²) >= 11 is 0. The minimum atomic E-state index is -1.03. The van der Waals surface area contributed by atoms with E-state index >= 15 is 0 Å². The number of carboxylic acid groups (broad SMARTS) is 1. The molecule has 0 saturated carbocycles. The predicted molar refractivity (Wildman–Crippen MR) is 130 cm³/mol. The van der Waals surface area contributed by atoms with Gasteiger partial charge < -0.3 is 14.1 Å². The first-order valence-corrected chi connectivity index (χ1v) is 11.4. The number of furan rings is 1. The van der Waals surface area contributed by atoms with Crippen LogP contribution in [-0.2, 0) is 13.0 Å². The molecule has 35 heavy (non-hydrogen) atoms. The van der Waals surface area contributed by atoms with Crippen LogP contribution in [-0.4, -0.2) is 41.3 Å². The molecule has 2 N–H and O–H groups in total. The van der Waals surface area contributed by atoms with Crippen molar-refractivity contribution in [2.75, 3.05) is 0 Å². The lowest BCUT2D eigenvalue weighted by Crippen LogP contribution is -2.08. The van der Waals surface area contributed by atoms with E-state index < -0.39 is 5.97 Å². The first-order chi connectivity index (χ1) is 17.2. The van der Waals surface area contributed by atoms with Crippen molar-refractivity contribution in [3.63, 3.8) is 0 Å². The summed E-state index contributed by atoms with van der Waals surface area (Å²) in [7, 11) is 0. The van der Waals surface area contributed by atoms with Gasteiger partial charge in [-0.25, -0.2) is 14.9 Å². The lowest BCUT2D eigenvalue weighted by molar-refractivity contribution is 0.0697. The number of imidazole rings is 1. The number of aromatic nitrogens is 6. The number of hydrogen-bond donors (Lipinski definition) is 2. The quantitative estimate of drug-likeness (QED) is 0.309. The number of carboxylic acids is 1. The lowest BCUT2D eigenvalue weighted by atomic mass is 9.98. The van der Waals surface area contributed by atoms with Gasteiger partial charge in [-0.05, 0) is 39.6 Å². The molecule has 0 atom stereocenters. The Hall–Kier alpha value is -4.53. The van der Waals surface area contributed by atoms with Crippen molar-refractivity contribution in [1.29, 1.82) is 0 Å². The van der Waals surface area contributed by atoms with Crippen LogP contribution in [0.5, 0.6) is 0 Å². The number of tetrazole rings is 1. The van der Waals surface area contributed by atoms with Gasteiger partial charge in [0.1, 0.15) is 17.1 Å². The maximum absolute atomic E-state index is 11.7. The third-order valence-corrected chi connectivity index (χ3v) is 5.95. The maximum atomic E-state index is 11.7. The van der Waals surface area contributed by atoms with Crippen LogP contribution in [0.25, 0.3) is 34.0 Å². The van der Waals surface area contributed by atoms with Gasteiger partial charge in [-0.1, -0.05) is 61.9 Å². The maximum Gasteiger partial charge on any atom is 0.339 e. The van der Waals surface area contributed by atoms with E-state index in [4.69, 9.17) is 4.42 Å². The second-order valence-electron chi connectivity index (χ2n) is 8.21. The number of hydrogen-bond acceptors (Lipinski definition) is 6. The van der Waals surface area contributed by atoms with Crippen LogP contribution < -0.4 is 0 Å². The Morgan fingerprint density at radius 1 is 1.09 bits per heavy atom. The Balaban J connectivity index is 1.48. The Bertz CT molecular complexity index is 1430.